The molecule has 112 valence electrons. The largest absolute Gasteiger partial charge is 0.396 e. The lowest BCUT2D eigenvalue weighted by Gasteiger charge is -2.13. The number of nitro benzene ring substituents is 1. The van der Waals surface area contributed by atoms with Gasteiger partial charge in [0.15, 0.2) is 0 Å². The molecular weight excluding hydrogens is 272 g/mol. The molecule has 6 heteroatoms. The highest BCUT2D eigenvalue weighted by Gasteiger charge is 2.24. The van der Waals surface area contributed by atoms with Crippen molar-refractivity contribution in [2.24, 2.45) is 5.92 Å². The predicted octanol–water partition coefficient (Wildman–Crippen LogP) is 1.84. The first-order chi connectivity index (χ1) is 10.1. The highest BCUT2D eigenvalue weighted by atomic mass is 16.6. The number of benzene rings is 1. The maximum atomic E-state index is 12.0. The fourth-order valence-corrected chi connectivity index (χ4v) is 2.43. The molecule has 1 amide bonds. The van der Waals surface area contributed by atoms with Crippen molar-refractivity contribution in [2.75, 3.05) is 19.7 Å². The van der Waals surface area contributed by atoms with Crippen LogP contribution in [0.25, 0.3) is 6.08 Å². The number of amides is 1. The number of hydrogen-bond acceptors (Lipinski definition) is 4. The van der Waals surface area contributed by atoms with Crippen LogP contribution in [-0.2, 0) is 4.79 Å². The number of non-ortho nitro benzene ring substituents is 1. The first kappa shape index (κ1) is 15.2. The number of aliphatic hydroxyl groups excluding tert-OH is 1. The Labute approximate surface area is 122 Å². The van der Waals surface area contributed by atoms with Crippen LogP contribution in [0, 0.1) is 16.0 Å². The number of carbonyl (C=O) groups excluding carboxylic acids is 1. The Morgan fingerprint density at radius 2 is 2.14 bits per heavy atom. The quantitative estimate of drug-likeness (QED) is 0.509. The zero-order chi connectivity index (χ0) is 15.2. The zero-order valence-corrected chi connectivity index (χ0v) is 11.6. The van der Waals surface area contributed by atoms with E-state index >= 15 is 0 Å². The third-order valence-electron chi connectivity index (χ3n) is 3.66. The highest BCUT2D eigenvalue weighted by molar-refractivity contribution is 5.92. The molecule has 0 aromatic heterocycles. The Morgan fingerprint density at radius 3 is 2.76 bits per heavy atom. The summed E-state index contributed by atoms with van der Waals surface area (Å²) in [6.07, 6.45) is 4.81. The molecule has 0 bridgehead atoms. The van der Waals surface area contributed by atoms with E-state index in [4.69, 9.17) is 5.11 Å². The molecule has 1 unspecified atom stereocenters. The lowest BCUT2D eigenvalue weighted by Crippen LogP contribution is -2.26. The Kier molecular flexibility index (Phi) is 5.05. The molecule has 1 N–H and O–H groups in total. The van der Waals surface area contributed by atoms with Gasteiger partial charge in [-0.25, -0.2) is 0 Å². The van der Waals surface area contributed by atoms with E-state index in [-0.39, 0.29) is 18.2 Å². The van der Waals surface area contributed by atoms with Gasteiger partial charge in [-0.15, -0.1) is 0 Å². The van der Waals surface area contributed by atoms with E-state index in [2.05, 4.69) is 0 Å². The van der Waals surface area contributed by atoms with Crippen LogP contribution in [0.1, 0.15) is 18.4 Å². The van der Waals surface area contributed by atoms with E-state index < -0.39 is 4.92 Å². The summed E-state index contributed by atoms with van der Waals surface area (Å²) in [5.74, 6) is 0.320. The van der Waals surface area contributed by atoms with Crippen molar-refractivity contribution in [1.29, 1.82) is 0 Å². The highest BCUT2D eigenvalue weighted by Crippen LogP contribution is 2.19. The fourth-order valence-electron chi connectivity index (χ4n) is 2.43. The summed E-state index contributed by atoms with van der Waals surface area (Å²) >= 11 is 0. The van der Waals surface area contributed by atoms with Gasteiger partial charge < -0.3 is 10.0 Å². The molecule has 0 saturated carbocycles. The summed E-state index contributed by atoms with van der Waals surface area (Å²) in [5, 5.41) is 19.4. The van der Waals surface area contributed by atoms with E-state index in [0.29, 0.717) is 19.0 Å². The van der Waals surface area contributed by atoms with E-state index in [1.54, 1.807) is 23.1 Å². The van der Waals surface area contributed by atoms with Gasteiger partial charge in [0.25, 0.3) is 5.69 Å². The van der Waals surface area contributed by atoms with E-state index in [0.717, 1.165) is 18.4 Å². The molecule has 0 spiro atoms. The van der Waals surface area contributed by atoms with Gasteiger partial charge in [0, 0.05) is 37.9 Å². The van der Waals surface area contributed by atoms with E-state index in [1.807, 2.05) is 0 Å². The monoisotopic (exact) mass is 290 g/mol. The number of carbonyl (C=O) groups is 1. The van der Waals surface area contributed by atoms with Gasteiger partial charge in [-0.05, 0) is 42.5 Å². The Morgan fingerprint density at radius 1 is 1.43 bits per heavy atom. The standard InChI is InChI=1S/C15H18N2O4/c18-10-8-13-7-9-16(11-13)15(19)6-3-12-1-4-14(5-2-12)17(20)21/h1-6,13,18H,7-11H2/b6-3+. The summed E-state index contributed by atoms with van der Waals surface area (Å²) in [5.41, 5.74) is 0.782. The second kappa shape index (κ2) is 6.99. The van der Waals surface area contributed by atoms with E-state index in [1.165, 1.54) is 18.2 Å². The molecule has 1 aliphatic rings. The van der Waals surface area contributed by atoms with Crippen molar-refractivity contribution in [3.8, 4) is 0 Å². The van der Waals surface area contributed by atoms with Crippen LogP contribution in [-0.4, -0.2) is 40.5 Å². The van der Waals surface area contributed by atoms with Gasteiger partial charge in [-0.1, -0.05) is 0 Å². The molecule has 0 aliphatic carbocycles. The molecule has 6 nitrogen and oxygen atoms in total. The minimum atomic E-state index is -0.454. The fraction of sp³-hybridized carbons (Fsp3) is 0.400. The summed E-state index contributed by atoms with van der Waals surface area (Å²) in [4.78, 5) is 23.9. The maximum Gasteiger partial charge on any atom is 0.269 e. The first-order valence-corrected chi connectivity index (χ1v) is 6.92. The smallest absolute Gasteiger partial charge is 0.269 e. The molecule has 0 radical (unpaired) electrons. The van der Waals surface area contributed by atoms with Crippen LogP contribution < -0.4 is 0 Å². The van der Waals surface area contributed by atoms with Crippen molar-refractivity contribution in [1.82, 2.24) is 4.90 Å². The average Bonchev–Trinajstić information content (AvgIpc) is 2.94. The molecule has 1 fully saturated rings. The van der Waals surface area contributed by atoms with Crippen LogP contribution in [0.2, 0.25) is 0 Å². The lowest BCUT2D eigenvalue weighted by molar-refractivity contribution is -0.384. The van der Waals surface area contributed by atoms with Crippen LogP contribution >= 0.6 is 0 Å². The van der Waals surface area contributed by atoms with Crippen LogP contribution in [0.4, 0.5) is 5.69 Å². The van der Waals surface area contributed by atoms with Crippen LogP contribution in [0.5, 0.6) is 0 Å². The summed E-state index contributed by atoms with van der Waals surface area (Å²) in [6, 6.07) is 6.05. The summed E-state index contributed by atoms with van der Waals surface area (Å²) in [7, 11) is 0. The zero-order valence-electron chi connectivity index (χ0n) is 11.6. The Bertz CT molecular complexity index is 539. The molecule has 1 saturated heterocycles. The van der Waals surface area contributed by atoms with Gasteiger partial charge in [-0.2, -0.15) is 0 Å². The molecule has 1 aromatic rings. The number of aliphatic hydroxyl groups is 1. The first-order valence-electron chi connectivity index (χ1n) is 6.92. The SMILES string of the molecule is O=C(/C=C/c1ccc([N+](=O)[O-])cc1)N1CCC(CCO)C1. The lowest BCUT2D eigenvalue weighted by atomic mass is 10.1. The van der Waals surface area contributed by atoms with Crippen LogP contribution in [0.15, 0.2) is 30.3 Å². The van der Waals surface area contributed by atoms with Gasteiger partial charge in [0.2, 0.25) is 5.91 Å². The molecule has 1 aromatic carbocycles. The molecule has 1 aliphatic heterocycles. The third-order valence-corrected chi connectivity index (χ3v) is 3.66. The van der Waals surface area contributed by atoms with Crippen molar-refractivity contribution in [3.05, 3.63) is 46.0 Å². The molecule has 2 rings (SSSR count). The Balaban J connectivity index is 1.91. The average molecular weight is 290 g/mol. The number of rotatable bonds is 5. The summed E-state index contributed by atoms with van der Waals surface area (Å²) < 4.78 is 0. The van der Waals surface area contributed by atoms with Gasteiger partial charge in [0.1, 0.15) is 0 Å². The normalized spacial score (nSPS) is 18.3. The maximum absolute atomic E-state index is 12.0. The van der Waals surface area contributed by atoms with Crippen molar-refractivity contribution < 1.29 is 14.8 Å². The molecule has 1 atom stereocenters. The number of nitro groups is 1. The topological polar surface area (TPSA) is 83.7 Å². The number of hydrogen-bond donors (Lipinski definition) is 1. The number of likely N-dealkylation sites (tertiary alicyclic amines) is 1. The van der Waals surface area contributed by atoms with Gasteiger partial charge in [-0.3, -0.25) is 14.9 Å². The van der Waals surface area contributed by atoms with Gasteiger partial charge in [0.05, 0.1) is 4.92 Å². The summed E-state index contributed by atoms with van der Waals surface area (Å²) in [6.45, 7) is 1.56. The predicted molar refractivity (Wildman–Crippen MR) is 78.5 cm³/mol. The van der Waals surface area contributed by atoms with Crippen molar-refractivity contribution >= 4 is 17.7 Å². The Hall–Kier alpha value is -2.21. The molecule has 1 heterocycles. The second-order valence-electron chi connectivity index (χ2n) is 5.13. The minimum absolute atomic E-state index is 0.0323. The minimum Gasteiger partial charge on any atom is -0.396 e. The van der Waals surface area contributed by atoms with Crippen LogP contribution in [0.3, 0.4) is 0 Å². The van der Waals surface area contributed by atoms with Crippen molar-refractivity contribution in [2.45, 2.75) is 12.8 Å². The van der Waals surface area contributed by atoms with E-state index in [9.17, 15) is 14.9 Å². The van der Waals surface area contributed by atoms with Gasteiger partial charge >= 0.3 is 0 Å². The van der Waals surface area contributed by atoms with Crippen molar-refractivity contribution in [3.63, 3.8) is 0 Å². The second-order valence-corrected chi connectivity index (χ2v) is 5.13. The third kappa shape index (κ3) is 4.13. The molecular formula is C15H18N2O4. The molecule has 21 heavy (non-hydrogen) atoms. The number of nitrogens with zero attached hydrogens (tertiary/aromatic N) is 2.